The lowest BCUT2D eigenvalue weighted by Gasteiger charge is -2.49. The second-order valence-corrected chi connectivity index (χ2v) is 14.7. The van der Waals surface area contributed by atoms with Crippen LogP contribution in [0.2, 0.25) is 0 Å². The van der Waals surface area contributed by atoms with Crippen molar-refractivity contribution in [3.8, 4) is 11.5 Å². The molecule has 1 heterocycles. The quantitative estimate of drug-likeness (QED) is 0.268. The van der Waals surface area contributed by atoms with Gasteiger partial charge in [0.25, 0.3) is 0 Å². The molecule has 9 heteroatoms. The number of rotatable bonds is 9. The third-order valence-electron chi connectivity index (χ3n) is 8.53. The number of halogens is 2. The minimum atomic E-state index is -0.925. The Kier molecular flexibility index (Phi) is 8.99. The van der Waals surface area contributed by atoms with Gasteiger partial charge in [-0.05, 0) is 88.6 Å². The summed E-state index contributed by atoms with van der Waals surface area (Å²) in [7, 11) is 0. The second kappa shape index (κ2) is 12.3. The molecule has 0 bridgehead atoms. The molecule has 0 fully saturated rings. The molecule has 0 spiro atoms. The van der Waals surface area contributed by atoms with Crippen LogP contribution in [-0.4, -0.2) is 40.7 Å². The standard InChI is InChI=1S/C35H39FINO6/c1-6-43-28-14-21(13-23(37)33(28)44-19-20-7-9-22(36)10-8-20)30-31-24(15-34(2,3)17-26(31)39)38(12-11-29(41)42)25-16-35(4,5)18-27(40)32(25)30/h7-10,13-14,30H,6,11-12,15-19H2,1-5H3,(H,41,42). The molecule has 0 saturated carbocycles. The van der Waals surface area contributed by atoms with Gasteiger partial charge in [-0.3, -0.25) is 14.4 Å². The Bertz CT molecular complexity index is 1520. The summed E-state index contributed by atoms with van der Waals surface area (Å²) in [6.07, 6.45) is 1.78. The first-order valence-electron chi connectivity index (χ1n) is 15.0. The van der Waals surface area contributed by atoms with E-state index in [0.29, 0.717) is 54.9 Å². The van der Waals surface area contributed by atoms with Gasteiger partial charge in [0, 0.05) is 47.8 Å². The number of ketones is 2. The van der Waals surface area contributed by atoms with Crippen molar-refractivity contribution in [1.29, 1.82) is 0 Å². The maximum Gasteiger partial charge on any atom is 0.305 e. The van der Waals surface area contributed by atoms with Crippen LogP contribution in [0, 0.1) is 20.2 Å². The summed E-state index contributed by atoms with van der Waals surface area (Å²) in [6, 6.07) is 9.95. The molecular formula is C35H39FINO6. The van der Waals surface area contributed by atoms with Crippen molar-refractivity contribution in [2.24, 2.45) is 10.8 Å². The minimum Gasteiger partial charge on any atom is -0.490 e. The number of aliphatic carboxylic acids is 1. The normalized spacial score (nSPS) is 19.6. The van der Waals surface area contributed by atoms with Crippen molar-refractivity contribution in [3.63, 3.8) is 0 Å². The predicted molar refractivity (Wildman–Crippen MR) is 173 cm³/mol. The summed E-state index contributed by atoms with van der Waals surface area (Å²) in [5.41, 5.74) is 3.77. The zero-order valence-corrected chi connectivity index (χ0v) is 28.0. The molecule has 7 nitrogen and oxygen atoms in total. The molecule has 2 aliphatic carbocycles. The number of hydrogen-bond acceptors (Lipinski definition) is 6. The fraction of sp³-hybridized carbons (Fsp3) is 0.457. The molecule has 0 saturated heterocycles. The van der Waals surface area contributed by atoms with Crippen LogP contribution in [0.1, 0.15) is 83.8 Å². The summed E-state index contributed by atoms with van der Waals surface area (Å²) in [5.74, 6) is -0.833. The first kappa shape index (κ1) is 32.2. The Labute approximate surface area is 271 Å². The fourth-order valence-corrected chi connectivity index (χ4v) is 7.53. The number of hydrogen-bond donors (Lipinski definition) is 1. The Morgan fingerprint density at radius 2 is 1.52 bits per heavy atom. The third-order valence-corrected chi connectivity index (χ3v) is 9.33. The molecule has 2 aromatic rings. The van der Waals surface area contributed by atoms with Gasteiger partial charge in [-0.25, -0.2) is 4.39 Å². The van der Waals surface area contributed by atoms with E-state index in [4.69, 9.17) is 9.47 Å². The van der Waals surface area contributed by atoms with Crippen LogP contribution in [0.25, 0.3) is 0 Å². The number of nitrogens with zero attached hydrogens (tertiary/aromatic N) is 1. The SMILES string of the molecule is CCOc1cc(C2C3=C(CC(C)(C)CC3=O)N(CCC(=O)O)C3=C2C(=O)CC(C)(C)C3)cc(I)c1OCc1ccc(F)cc1. The predicted octanol–water partition coefficient (Wildman–Crippen LogP) is 7.57. The Balaban J connectivity index is 1.67. The molecule has 3 aliphatic rings. The van der Waals surface area contributed by atoms with Crippen LogP contribution < -0.4 is 9.47 Å². The number of carboxylic acid groups (broad SMARTS) is 1. The van der Waals surface area contributed by atoms with Crippen LogP contribution in [0.5, 0.6) is 11.5 Å². The van der Waals surface area contributed by atoms with E-state index in [1.165, 1.54) is 12.1 Å². The molecule has 1 aliphatic heterocycles. The number of allylic oxidation sites excluding steroid dienone is 4. The largest absolute Gasteiger partial charge is 0.490 e. The first-order chi connectivity index (χ1) is 20.7. The van der Waals surface area contributed by atoms with Gasteiger partial charge in [-0.1, -0.05) is 39.8 Å². The lowest BCUT2D eigenvalue weighted by molar-refractivity contribution is -0.137. The molecule has 2 aromatic carbocycles. The monoisotopic (exact) mass is 715 g/mol. The van der Waals surface area contributed by atoms with E-state index in [1.54, 1.807) is 12.1 Å². The van der Waals surface area contributed by atoms with Gasteiger partial charge in [0.15, 0.2) is 23.1 Å². The maximum atomic E-state index is 14.0. The van der Waals surface area contributed by atoms with Gasteiger partial charge in [0.05, 0.1) is 16.6 Å². The average molecular weight is 716 g/mol. The van der Waals surface area contributed by atoms with E-state index < -0.39 is 11.9 Å². The first-order valence-corrected chi connectivity index (χ1v) is 16.1. The van der Waals surface area contributed by atoms with E-state index in [0.717, 1.165) is 26.1 Å². The zero-order chi connectivity index (χ0) is 32.0. The molecule has 5 rings (SSSR count). The summed E-state index contributed by atoms with van der Waals surface area (Å²) in [5, 5.41) is 9.61. The third kappa shape index (κ3) is 6.57. The Morgan fingerprint density at radius 1 is 0.955 bits per heavy atom. The molecule has 0 radical (unpaired) electrons. The van der Waals surface area contributed by atoms with Gasteiger partial charge < -0.3 is 19.5 Å². The number of carbonyl (C=O) groups is 3. The number of carboxylic acids is 1. The molecule has 1 N–H and O–H groups in total. The molecule has 234 valence electrons. The van der Waals surface area contributed by atoms with Gasteiger partial charge >= 0.3 is 5.97 Å². The van der Waals surface area contributed by atoms with Gasteiger partial charge in [0.2, 0.25) is 0 Å². The summed E-state index contributed by atoms with van der Waals surface area (Å²) >= 11 is 2.19. The summed E-state index contributed by atoms with van der Waals surface area (Å²) < 4.78 is 26.5. The highest BCUT2D eigenvalue weighted by molar-refractivity contribution is 14.1. The number of benzene rings is 2. The zero-order valence-electron chi connectivity index (χ0n) is 25.9. The van der Waals surface area contributed by atoms with E-state index in [-0.39, 0.29) is 47.8 Å². The molecule has 0 amide bonds. The molecule has 0 aromatic heterocycles. The second-order valence-electron chi connectivity index (χ2n) is 13.5. The Hall–Kier alpha value is -3.21. The van der Waals surface area contributed by atoms with Crippen molar-refractivity contribution >= 4 is 40.1 Å². The fourth-order valence-electron chi connectivity index (χ4n) is 6.75. The highest BCUT2D eigenvalue weighted by Gasteiger charge is 2.49. The van der Waals surface area contributed by atoms with Crippen molar-refractivity contribution in [2.45, 2.75) is 79.2 Å². The van der Waals surface area contributed by atoms with Crippen LogP contribution >= 0.6 is 22.6 Å². The Morgan fingerprint density at radius 3 is 2.05 bits per heavy atom. The van der Waals surface area contributed by atoms with Gasteiger partial charge in [0.1, 0.15) is 12.4 Å². The molecular weight excluding hydrogens is 676 g/mol. The highest BCUT2D eigenvalue weighted by atomic mass is 127. The number of carbonyl (C=O) groups excluding carboxylic acids is 2. The van der Waals surface area contributed by atoms with Crippen molar-refractivity contribution in [3.05, 3.63) is 79.5 Å². The average Bonchev–Trinajstić information content (AvgIpc) is 2.90. The van der Waals surface area contributed by atoms with Crippen LogP contribution in [-0.2, 0) is 21.0 Å². The van der Waals surface area contributed by atoms with Crippen molar-refractivity contribution in [1.82, 2.24) is 4.90 Å². The van der Waals surface area contributed by atoms with Crippen LogP contribution in [0.3, 0.4) is 0 Å². The summed E-state index contributed by atoms with van der Waals surface area (Å²) in [6.45, 7) is 10.9. The molecule has 0 unspecified atom stereocenters. The lowest BCUT2D eigenvalue weighted by atomic mass is 9.63. The number of ether oxygens (including phenoxy) is 2. The maximum absolute atomic E-state index is 14.0. The van der Waals surface area contributed by atoms with E-state index in [2.05, 4.69) is 50.3 Å². The lowest BCUT2D eigenvalue weighted by Crippen LogP contribution is -2.45. The summed E-state index contributed by atoms with van der Waals surface area (Å²) in [4.78, 5) is 41.8. The van der Waals surface area contributed by atoms with E-state index >= 15 is 0 Å². The molecule has 0 atom stereocenters. The van der Waals surface area contributed by atoms with Gasteiger partial charge in [-0.15, -0.1) is 0 Å². The highest BCUT2D eigenvalue weighted by Crippen LogP contribution is 2.55. The smallest absolute Gasteiger partial charge is 0.305 e. The minimum absolute atomic E-state index is 0.0182. The number of Topliss-reactive ketones (excluding diaryl/α,β-unsaturated/α-hetero) is 2. The van der Waals surface area contributed by atoms with E-state index in [1.807, 2.05) is 24.0 Å². The van der Waals surface area contributed by atoms with Crippen molar-refractivity contribution < 1.29 is 33.4 Å². The topological polar surface area (TPSA) is 93.1 Å². The van der Waals surface area contributed by atoms with Gasteiger partial charge in [-0.2, -0.15) is 0 Å². The van der Waals surface area contributed by atoms with Crippen LogP contribution in [0.4, 0.5) is 4.39 Å². The van der Waals surface area contributed by atoms with Crippen LogP contribution in [0.15, 0.2) is 58.9 Å². The molecule has 44 heavy (non-hydrogen) atoms. The van der Waals surface area contributed by atoms with E-state index in [9.17, 15) is 23.9 Å². The van der Waals surface area contributed by atoms with Crippen molar-refractivity contribution in [2.75, 3.05) is 13.2 Å².